The Morgan fingerprint density at radius 2 is 2.45 bits per heavy atom. The first kappa shape index (κ1) is 13.8. The van der Waals surface area contributed by atoms with Crippen LogP contribution in [0, 0.1) is 6.92 Å². The summed E-state index contributed by atoms with van der Waals surface area (Å²) in [7, 11) is 0. The van der Waals surface area contributed by atoms with Crippen LogP contribution in [-0.2, 0) is 4.74 Å². The minimum absolute atomic E-state index is 0.401. The number of nitrogens with one attached hydrogen (secondary N) is 1. The third kappa shape index (κ3) is 2.94. The predicted molar refractivity (Wildman–Crippen MR) is 84.5 cm³/mol. The molecule has 1 aliphatic heterocycles. The van der Waals surface area contributed by atoms with Crippen molar-refractivity contribution < 1.29 is 4.74 Å². The SMILES string of the molecule is Cc1nc(-c2c(N)nsc2NCCC2CCCO2)cs1. The standard InChI is InChI=1S/C13H18N4OS2/c1-8-16-10(7-19-8)11-12(14)17-20-13(11)15-5-4-9-3-2-6-18-9/h7,9,15H,2-6H2,1H3,(H2,14,17). The van der Waals surface area contributed by atoms with Crippen molar-refractivity contribution >= 4 is 33.7 Å². The van der Waals surface area contributed by atoms with Gasteiger partial charge in [-0.05, 0) is 37.7 Å². The molecule has 2 aromatic rings. The second-order valence-electron chi connectivity index (χ2n) is 4.87. The molecule has 0 aliphatic carbocycles. The molecule has 0 saturated carbocycles. The Morgan fingerprint density at radius 1 is 1.55 bits per heavy atom. The van der Waals surface area contributed by atoms with Crippen LogP contribution in [0.5, 0.6) is 0 Å². The average molecular weight is 310 g/mol. The predicted octanol–water partition coefficient (Wildman–Crippen LogP) is 3.14. The van der Waals surface area contributed by atoms with E-state index < -0.39 is 0 Å². The van der Waals surface area contributed by atoms with Crippen LogP contribution in [0.4, 0.5) is 10.8 Å². The Morgan fingerprint density at radius 3 is 3.15 bits per heavy atom. The normalized spacial score (nSPS) is 18.6. The number of aromatic nitrogens is 2. The summed E-state index contributed by atoms with van der Waals surface area (Å²) >= 11 is 3.03. The lowest BCUT2D eigenvalue weighted by Crippen LogP contribution is -2.12. The monoisotopic (exact) mass is 310 g/mol. The number of nitrogen functional groups attached to an aromatic ring is 1. The zero-order valence-electron chi connectivity index (χ0n) is 11.4. The van der Waals surface area contributed by atoms with Gasteiger partial charge in [0.25, 0.3) is 0 Å². The van der Waals surface area contributed by atoms with Gasteiger partial charge in [-0.25, -0.2) is 4.98 Å². The second-order valence-corrected chi connectivity index (χ2v) is 6.71. The van der Waals surface area contributed by atoms with Crippen molar-refractivity contribution in [1.29, 1.82) is 0 Å². The van der Waals surface area contributed by atoms with E-state index in [2.05, 4.69) is 14.7 Å². The lowest BCUT2D eigenvalue weighted by Gasteiger charge is -2.10. The highest BCUT2D eigenvalue weighted by Gasteiger charge is 2.18. The van der Waals surface area contributed by atoms with Gasteiger partial charge in [-0.2, -0.15) is 4.37 Å². The molecule has 0 radical (unpaired) electrons. The molecule has 2 aromatic heterocycles. The lowest BCUT2D eigenvalue weighted by atomic mass is 10.2. The number of anilines is 2. The van der Waals surface area contributed by atoms with Gasteiger partial charge in [-0.15, -0.1) is 11.3 Å². The van der Waals surface area contributed by atoms with Crippen molar-refractivity contribution in [3.05, 3.63) is 10.4 Å². The summed E-state index contributed by atoms with van der Waals surface area (Å²) in [5.74, 6) is 0.555. The molecule has 1 atom stereocenters. The number of aryl methyl sites for hydroxylation is 1. The molecule has 1 saturated heterocycles. The fraction of sp³-hybridized carbons (Fsp3) is 0.538. The van der Waals surface area contributed by atoms with Gasteiger partial charge in [-0.3, -0.25) is 0 Å². The summed E-state index contributed by atoms with van der Waals surface area (Å²) in [4.78, 5) is 4.50. The molecule has 1 fully saturated rings. The van der Waals surface area contributed by atoms with Gasteiger partial charge < -0.3 is 15.8 Å². The minimum Gasteiger partial charge on any atom is -0.382 e. The smallest absolute Gasteiger partial charge is 0.148 e. The van der Waals surface area contributed by atoms with Crippen LogP contribution in [0.1, 0.15) is 24.3 Å². The maximum absolute atomic E-state index is 5.98. The second kappa shape index (κ2) is 6.07. The first-order valence-electron chi connectivity index (χ1n) is 6.77. The number of hydrogen-bond donors (Lipinski definition) is 2. The van der Waals surface area contributed by atoms with Gasteiger partial charge in [0.1, 0.15) is 10.8 Å². The van der Waals surface area contributed by atoms with E-state index in [0.717, 1.165) is 40.8 Å². The van der Waals surface area contributed by atoms with Crippen LogP contribution in [0.2, 0.25) is 0 Å². The maximum Gasteiger partial charge on any atom is 0.148 e. The number of nitrogens with two attached hydrogens (primary N) is 1. The molecule has 1 unspecified atom stereocenters. The molecule has 0 spiro atoms. The summed E-state index contributed by atoms with van der Waals surface area (Å²) in [6, 6.07) is 0. The molecule has 3 rings (SSSR count). The lowest BCUT2D eigenvalue weighted by molar-refractivity contribution is 0.107. The van der Waals surface area contributed by atoms with Gasteiger partial charge in [0.2, 0.25) is 0 Å². The van der Waals surface area contributed by atoms with E-state index in [-0.39, 0.29) is 0 Å². The number of hydrogen-bond acceptors (Lipinski definition) is 7. The summed E-state index contributed by atoms with van der Waals surface area (Å²) in [5, 5.41) is 7.50. The highest BCUT2D eigenvalue weighted by molar-refractivity contribution is 7.11. The Balaban J connectivity index is 1.67. The Hall–Kier alpha value is -1.18. The first-order chi connectivity index (χ1) is 9.74. The Labute approximate surface area is 126 Å². The van der Waals surface area contributed by atoms with E-state index in [1.807, 2.05) is 12.3 Å². The first-order valence-corrected chi connectivity index (χ1v) is 8.42. The molecular formula is C13H18N4OS2. The molecule has 0 bridgehead atoms. The van der Waals surface area contributed by atoms with Crippen LogP contribution in [0.15, 0.2) is 5.38 Å². The number of ether oxygens (including phenoxy) is 1. The highest BCUT2D eigenvalue weighted by Crippen LogP contribution is 2.37. The summed E-state index contributed by atoms with van der Waals surface area (Å²) < 4.78 is 9.87. The third-order valence-electron chi connectivity index (χ3n) is 3.37. The number of thiazole rings is 1. The van der Waals surface area contributed by atoms with Gasteiger partial charge >= 0.3 is 0 Å². The zero-order valence-corrected chi connectivity index (χ0v) is 13.0. The van der Waals surface area contributed by atoms with Gasteiger partial charge in [0, 0.05) is 18.5 Å². The molecule has 0 aromatic carbocycles. The van der Waals surface area contributed by atoms with Crippen molar-refractivity contribution in [2.24, 2.45) is 0 Å². The highest BCUT2D eigenvalue weighted by atomic mass is 32.1. The van der Waals surface area contributed by atoms with Crippen LogP contribution in [-0.4, -0.2) is 28.6 Å². The van der Waals surface area contributed by atoms with E-state index in [4.69, 9.17) is 10.5 Å². The summed E-state index contributed by atoms with van der Waals surface area (Å²) in [6.45, 7) is 3.78. The van der Waals surface area contributed by atoms with E-state index in [9.17, 15) is 0 Å². The molecular weight excluding hydrogens is 292 g/mol. The Bertz CT molecular complexity index is 575. The van der Waals surface area contributed by atoms with E-state index >= 15 is 0 Å². The molecule has 3 heterocycles. The van der Waals surface area contributed by atoms with Crippen LogP contribution in [0.3, 0.4) is 0 Å². The average Bonchev–Trinajstić information content (AvgIpc) is 3.12. The molecule has 7 heteroatoms. The Kier molecular flexibility index (Phi) is 4.18. The fourth-order valence-corrected chi connectivity index (χ4v) is 3.72. The van der Waals surface area contributed by atoms with Gasteiger partial charge in [-0.1, -0.05) is 0 Å². The number of rotatable bonds is 5. The molecule has 1 aliphatic rings. The van der Waals surface area contributed by atoms with Crippen molar-refractivity contribution in [2.45, 2.75) is 32.3 Å². The van der Waals surface area contributed by atoms with Crippen molar-refractivity contribution in [2.75, 3.05) is 24.2 Å². The zero-order chi connectivity index (χ0) is 13.9. The quantitative estimate of drug-likeness (QED) is 0.887. The van der Waals surface area contributed by atoms with Gasteiger partial charge in [0.15, 0.2) is 0 Å². The van der Waals surface area contributed by atoms with Crippen LogP contribution >= 0.6 is 22.9 Å². The minimum atomic E-state index is 0.401. The third-order valence-corrected chi connectivity index (χ3v) is 4.96. The van der Waals surface area contributed by atoms with Crippen molar-refractivity contribution in [3.8, 4) is 11.3 Å². The molecule has 3 N–H and O–H groups in total. The van der Waals surface area contributed by atoms with Crippen LogP contribution in [0.25, 0.3) is 11.3 Å². The topological polar surface area (TPSA) is 73.1 Å². The summed E-state index contributed by atoms with van der Waals surface area (Å²) in [6.07, 6.45) is 3.78. The summed E-state index contributed by atoms with van der Waals surface area (Å²) in [5.41, 5.74) is 7.83. The molecule has 108 valence electrons. The van der Waals surface area contributed by atoms with Crippen LogP contribution < -0.4 is 11.1 Å². The van der Waals surface area contributed by atoms with Crippen molar-refractivity contribution in [3.63, 3.8) is 0 Å². The molecule has 0 amide bonds. The molecule has 5 nitrogen and oxygen atoms in total. The van der Waals surface area contributed by atoms with Crippen molar-refractivity contribution in [1.82, 2.24) is 9.36 Å². The molecule has 20 heavy (non-hydrogen) atoms. The van der Waals surface area contributed by atoms with E-state index in [0.29, 0.717) is 11.9 Å². The maximum atomic E-state index is 5.98. The van der Waals surface area contributed by atoms with E-state index in [1.165, 1.54) is 24.4 Å². The number of nitrogens with zero attached hydrogens (tertiary/aromatic N) is 2. The largest absolute Gasteiger partial charge is 0.382 e. The van der Waals surface area contributed by atoms with E-state index in [1.54, 1.807) is 11.3 Å². The van der Waals surface area contributed by atoms with Gasteiger partial charge in [0.05, 0.1) is 22.4 Å². The fourth-order valence-electron chi connectivity index (χ4n) is 2.37.